The summed E-state index contributed by atoms with van der Waals surface area (Å²) in [7, 11) is 0. The summed E-state index contributed by atoms with van der Waals surface area (Å²) in [5.41, 5.74) is 1.40. The van der Waals surface area contributed by atoms with Gasteiger partial charge in [-0.2, -0.15) is 0 Å². The Hall–Kier alpha value is -7.28. The number of carboxylic acids is 8. The number of nitrogens with zero attached hydrogens (tertiary/aromatic N) is 4. The van der Waals surface area contributed by atoms with Crippen molar-refractivity contribution in [2.75, 3.05) is 90.4 Å². The quantitative estimate of drug-likeness (QED) is 0.0305. The molecule has 14 N–H and O–H groups in total. The average molecular weight is 1160 g/mol. The molecule has 0 aliphatic carbocycles. The normalized spacial score (nSPS) is 16.0. The van der Waals surface area contributed by atoms with Crippen molar-refractivity contribution < 1.29 is 93.6 Å². The molecule has 1 aromatic rings. The number of carbonyl (C=O) groups is 11. The second-order valence-electron chi connectivity index (χ2n) is 19.3. The van der Waals surface area contributed by atoms with Crippen LogP contribution in [0.2, 0.25) is 0 Å². The number of unbranched alkanes of at least 4 members (excludes halogenated alkanes) is 5. The molecule has 1 fully saturated rings. The number of aliphatic carboxylic acids is 8. The summed E-state index contributed by atoms with van der Waals surface area (Å²) < 4.78 is 0. The van der Waals surface area contributed by atoms with Crippen LogP contribution in [0.1, 0.15) is 95.5 Å². The van der Waals surface area contributed by atoms with Gasteiger partial charge in [0.15, 0.2) is 5.11 Å². The van der Waals surface area contributed by atoms with Crippen LogP contribution in [0.15, 0.2) is 24.3 Å². The van der Waals surface area contributed by atoms with Gasteiger partial charge in [0.05, 0.1) is 26.2 Å². The van der Waals surface area contributed by atoms with Crippen molar-refractivity contribution in [1.29, 1.82) is 0 Å². The standard InChI is InChI=1S/C50H78N10O19S/c61-39(51-19-7-5-10-37(47(75)76)55-49(79)56-38(48(77)78)17-18-41(63)64)11-3-1-2-4-12-40(62)54-36(46(73)74)9-6-8-20-52-50(80)53-34-15-13-33(14-16-34)27-35-28-59(31-44(69)70)24-23-57(29-42(65)66)21-22-58(30-43(67)68)25-26-60(35)32-45(71)72/h13-16,35-38H,1-12,17-32H2,(H,51,61)(H,54,62)(H,63,64)(H,65,66)(H,67,68)(H,69,70)(H,71,72)(H,73,74)(H,75,76)(H,77,78)(H2,52,53,80)(H2,55,56,79). The van der Waals surface area contributed by atoms with E-state index < -0.39 is 103 Å². The van der Waals surface area contributed by atoms with Crippen molar-refractivity contribution in [3.63, 3.8) is 0 Å². The van der Waals surface area contributed by atoms with E-state index in [1.165, 1.54) is 0 Å². The highest BCUT2D eigenvalue weighted by Gasteiger charge is 2.29. The van der Waals surface area contributed by atoms with Crippen molar-refractivity contribution in [3.05, 3.63) is 29.8 Å². The number of carbonyl (C=O) groups excluding carboxylic acids is 3. The fraction of sp³-hybridized carbons (Fsp3) is 0.640. The minimum atomic E-state index is -1.53. The topological polar surface area (TPSA) is 435 Å². The van der Waals surface area contributed by atoms with E-state index in [-0.39, 0.29) is 115 Å². The summed E-state index contributed by atoms with van der Waals surface area (Å²) in [5, 5.41) is 91.7. The fourth-order valence-electron chi connectivity index (χ4n) is 8.58. The van der Waals surface area contributed by atoms with E-state index in [1.807, 2.05) is 0 Å². The minimum absolute atomic E-state index is 0.0166. The van der Waals surface area contributed by atoms with Gasteiger partial charge >= 0.3 is 53.8 Å². The highest BCUT2D eigenvalue weighted by atomic mass is 32.1. The predicted molar refractivity (Wildman–Crippen MR) is 289 cm³/mol. The smallest absolute Gasteiger partial charge is 0.326 e. The Morgan fingerprint density at radius 2 is 0.925 bits per heavy atom. The van der Waals surface area contributed by atoms with Crippen molar-refractivity contribution in [3.8, 4) is 0 Å². The highest BCUT2D eigenvalue weighted by molar-refractivity contribution is 7.80. The zero-order chi connectivity index (χ0) is 59.6. The molecule has 0 spiro atoms. The number of hydrogen-bond acceptors (Lipinski definition) is 16. The maximum Gasteiger partial charge on any atom is 0.326 e. The van der Waals surface area contributed by atoms with Gasteiger partial charge in [0.1, 0.15) is 18.1 Å². The first-order valence-corrected chi connectivity index (χ1v) is 26.8. The molecule has 80 heavy (non-hydrogen) atoms. The molecule has 0 bridgehead atoms. The fourth-order valence-corrected chi connectivity index (χ4v) is 8.80. The van der Waals surface area contributed by atoms with Gasteiger partial charge in [-0.05, 0) is 94.1 Å². The lowest BCUT2D eigenvalue weighted by Crippen LogP contribution is -2.53. The molecule has 2 rings (SSSR count). The summed E-state index contributed by atoms with van der Waals surface area (Å²) in [6.07, 6.45) is 3.74. The zero-order valence-corrected chi connectivity index (χ0v) is 45.5. The first kappa shape index (κ1) is 68.8. The molecule has 448 valence electrons. The largest absolute Gasteiger partial charge is 0.481 e. The molecule has 29 nitrogen and oxygen atoms in total. The van der Waals surface area contributed by atoms with Gasteiger partial charge in [-0.15, -0.1) is 0 Å². The Morgan fingerprint density at radius 1 is 0.475 bits per heavy atom. The molecular formula is C50H78N10O19S. The summed E-state index contributed by atoms with van der Waals surface area (Å²) >= 11 is 5.46. The predicted octanol–water partition coefficient (Wildman–Crippen LogP) is -0.119. The Labute approximate surface area is 467 Å². The highest BCUT2D eigenvalue weighted by Crippen LogP contribution is 2.17. The molecule has 0 saturated carbocycles. The van der Waals surface area contributed by atoms with Crippen LogP contribution in [-0.4, -0.2) is 240 Å². The number of thiocarbonyl (C=S) groups is 1. The van der Waals surface area contributed by atoms with E-state index in [0.29, 0.717) is 63.6 Å². The van der Waals surface area contributed by atoms with Crippen LogP contribution >= 0.6 is 12.2 Å². The van der Waals surface area contributed by atoms with Crippen LogP contribution in [0.4, 0.5) is 10.5 Å². The van der Waals surface area contributed by atoms with E-state index in [0.717, 1.165) is 5.56 Å². The number of amides is 4. The molecule has 30 heteroatoms. The van der Waals surface area contributed by atoms with Crippen molar-refractivity contribution >= 4 is 88.6 Å². The zero-order valence-electron chi connectivity index (χ0n) is 44.7. The lowest BCUT2D eigenvalue weighted by Gasteiger charge is -2.37. The monoisotopic (exact) mass is 1150 g/mol. The Morgan fingerprint density at radius 3 is 1.43 bits per heavy atom. The van der Waals surface area contributed by atoms with Crippen LogP contribution in [0.5, 0.6) is 0 Å². The molecule has 1 aromatic carbocycles. The number of urea groups is 1. The molecule has 1 aliphatic rings. The van der Waals surface area contributed by atoms with Gasteiger partial charge in [0.25, 0.3) is 0 Å². The van der Waals surface area contributed by atoms with E-state index in [1.54, 1.807) is 43.9 Å². The van der Waals surface area contributed by atoms with Crippen molar-refractivity contribution in [1.82, 2.24) is 46.2 Å². The Bertz CT molecular complexity index is 2230. The van der Waals surface area contributed by atoms with E-state index in [2.05, 4.69) is 31.9 Å². The first-order valence-electron chi connectivity index (χ1n) is 26.4. The maximum absolute atomic E-state index is 12.6. The van der Waals surface area contributed by atoms with Gasteiger partial charge in [-0.25, -0.2) is 19.2 Å². The third-order valence-corrected chi connectivity index (χ3v) is 13.0. The van der Waals surface area contributed by atoms with Gasteiger partial charge in [-0.3, -0.25) is 53.2 Å². The van der Waals surface area contributed by atoms with E-state index in [9.17, 15) is 88.5 Å². The number of anilines is 1. The SMILES string of the molecule is O=C(O)CCC(NC(=O)NC(CCCCNC(=O)CCCCCCC(=O)NC(CCCCNC(=S)Nc1ccc(CC2CN(CC(=O)O)CCN(CC(=O)O)CCN(CC(=O)O)CCN2CC(=O)O)cc1)C(=O)O)C(=O)O)C(=O)O. The second-order valence-corrected chi connectivity index (χ2v) is 19.7. The van der Waals surface area contributed by atoms with Crippen LogP contribution in [0.25, 0.3) is 0 Å². The van der Waals surface area contributed by atoms with Gasteiger partial charge < -0.3 is 72.8 Å². The van der Waals surface area contributed by atoms with Crippen LogP contribution in [-0.2, 0) is 54.4 Å². The van der Waals surface area contributed by atoms with E-state index >= 15 is 0 Å². The number of benzene rings is 1. The number of carboxylic acid groups (broad SMARTS) is 8. The number of rotatable bonds is 37. The first-order chi connectivity index (χ1) is 37.9. The Balaban J connectivity index is 1.76. The molecule has 4 amide bonds. The number of nitrogens with one attached hydrogen (secondary N) is 6. The Kier molecular flexibility index (Phi) is 33.0. The summed E-state index contributed by atoms with van der Waals surface area (Å²) in [4.78, 5) is 136. The third-order valence-electron chi connectivity index (χ3n) is 12.7. The molecule has 1 heterocycles. The molecule has 0 radical (unpaired) electrons. The average Bonchev–Trinajstić information content (AvgIpc) is 3.36. The third kappa shape index (κ3) is 32.0. The van der Waals surface area contributed by atoms with Crippen LogP contribution in [0, 0.1) is 0 Å². The van der Waals surface area contributed by atoms with Gasteiger partial charge in [0, 0.05) is 89.9 Å². The second kappa shape index (κ2) is 38.3. The van der Waals surface area contributed by atoms with E-state index in [4.69, 9.17) is 17.3 Å². The number of hydrogen-bond donors (Lipinski definition) is 14. The molecule has 1 saturated heterocycles. The molecule has 1 aliphatic heterocycles. The maximum atomic E-state index is 12.6. The van der Waals surface area contributed by atoms with Crippen molar-refractivity contribution in [2.24, 2.45) is 0 Å². The van der Waals surface area contributed by atoms with Crippen LogP contribution in [0.3, 0.4) is 0 Å². The molecule has 4 unspecified atom stereocenters. The summed E-state index contributed by atoms with van der Waals surface area (Å²) in [6, 6.07) is 1.54. The lowest BCUT2D eigenvalue weighted by molar-refractivity contribution is -0.142. The van der Waals surface area contributed by atoms with Gasteiger partial charge in [-0.1, -0.05) is 25.0 Å². The molecular weight excluding hydrogens is 1080 g/mol. The van der Waals surface area contributed by atoms with Crippen molar-refractivity contribution in [2.45, 2.75) is 120 Å². The molecule has 0 aromatic heterocycles. The summed E-state index contributed by atoms with van der Waals surface area (Å²) in [5.74, 6) is -10.3. The minimum Gasteiger partial charge on any atom is -0.481 e. The lowest BCUT2D eigenvalue weighted by atomic mass is 10.0. The van der Waals surface area contributed by atoms with Gasteiger partial charge in [0.2, 0.25) is 11.8 Å². The van der Waals surface area contributed by atoms with Crippen LogP contribution < -0.4 is 31.9 Å². The molecule has 4 atom stereocenters. The summed E-state index contributed by atoms with van der Waals surface area (Å²) in [6.45, 7) is 0.308.